The smallest absolute Gasteiger partial charge is 0.303 e. The van der Waals surface area contributed by atoms with E-state index in [1.165, 1.54) is 0 Å². The third kappa shape index (κ3) is 3.38. The van der Waals surface area contributed by atoms with Crippen LogP contribution in [0.4, 0.5) is 0 Å². The van der Waals surface area contributed by atoms with Crippen molar-refractivity contribution in [1.29, 1.82) is 0 Å². The summed E-state index contributed by atoms with van der Waals surface area (Å²) >= 11 is 1.76. The Labute approximate surface area is 111 Å². The number of carboxylic acid groups (broad SMARTS) is 1. The van der Waals surface area contributed by atoms with Crippen LogP contribution in [0.25, 0.3) is 0 Å². The summed E-state index contributed by atoms with van der Waals surface area (Å²) in [6.07, 6.45) is 4.08. The normalized spacial score (nSPS) is 16.3. The van der Waals surface area contributed by atoms with E-state index in [4.69, 9.17) is 9.84 Å². The Morgan fingerprint density at radius 1 is 1.61 bits per heavy atom. The second kappa shape index (κ2) is 5.61. The molecule has 1 fully saturated rings. The summed E-state index contributed by atoms with van der Waals surface area (Å²) in [7, 11) is 1.61. The number of ether oxygens (including phenoxy) is 1. The molecule has 1 aliphatic carbocycles. The third-order valence-electron chi connectivity index (χ3n) is 3.19. The van der Waals surface area contributed by atoms with Gasteiger partial charge in [-0.25, -0.2) is 4.98 Å². The number of aliphatic carboxylic acids is 1. The molecule has 2 rings (SSSR count). The van der Waals surface area contributed by atoms with Crippen LogP contribution < -0.4 is 4.74 Å². The van der Waals surface area contributed by atoms with Gasteiger partial charge >= 0.3 is 5.97 Å². The van der Waals surface area contributed by atoms with Crippen molar-refractivity contribution in [3.63, 3.8) is 0 Å². The van der Waals surface area contributed by atoms with Crippen LogP contribution in [0, 0.1) is 5.41 Å². The van der Waals surface area contributed by atoms with E-state index in [2.05, 4.69) is 4.98 Å². The molecule has 1 saturated carbocycles. The molecule has 0 aromatic carbocycles. The van der Waals surface area contributed by atoms with Crippen molar-refractivity contribution in [1.82, 2.24) is 4.98 Å². The maximum Gasteiger partial charge on any atom is 0.303 e. The van der Waals surface area contributed by atoms with Crippen LogP contribution in [0.1, 0.15) is 24.8 Å². The van der Waals surface area contributed by atoms with Gasteiger partial charge in [0.05, 0.1) is 13.5 Å². The number of nitrogens with zero attached hydrogens (tertiary/aromatic N) is 1. The van der Waals surface area contributed by atoms with Gasteiger partial charge in [0, 0.05) is 17.5 Å². The SMILES string of the molecule is COc1ncccc1CSCC1(CC(=O)O)CC1. The lowest BCUT2D eigenvalue weighted by Gasteiger charge is -2.12. The summed E-state index contributed by atoms with van der Waals surface area (Å²) in [5.41, 5.74) is 1.11. The fraction of sp³-hybridized carbons (Fsp3) is 0.538. The second-order valence-corrected chi connectivity index (χ2v) is 5.72. The Hall–Kier alpha value is -1.23. The predicted molar refractivity (Wildman–Crippen MR) is 70.9 cm³/mol. The Morgan fingerprint density at radius 2 is 2.39 bits per heavy atom. The topological polar surface area (TPSA) is 59.4 Å². The summed E-state index contributed by atoms with van der Waals surface area (Å²) < 4.78 is 5.19. The lowest BCUT2D eigenvalue weighted by molar-refractivity contribution is -0.138. The van der Waals surface area contributed by atoms with Crippen molar-refractivity contribution in [2.75, 3.05) is 12.9 Å². The van der Waals surface area contributed by atoms with Crippen LogP contribution in [0.15, 0.2) is 18.3 Å². The van der Waals surface area contributed by atoms with Gasteiger partial charge in [0.1, 0.15) is 0 Å². The average molecular weight is 267 g/mol. The number of methoxy groups -OCH3 is 1. The minimum Gasteiger partial charge on any atom is -0.481 e. The first-order chi connectivity index (χ1) is 8.65. The number of thioether (sulfide) groups is 1. The molecular weight excluding hydrogens is 250 g/mol. The molecule has 1 aromatic rings. The molecule has 1 heterocycles. The zero-order valence-corrected chi connectivity index (χ0v) is 11.2. The number of aromatic nitrogens is 1. The largest absolute Gasteiger partial charge is 0.481 e. The minimum atomic E-state index is -0.688. The molecule has 1 N–H and O–H groups in total. The van der Waals surface area contributed by atoms with Crippen LogP contribution in [-0.2, 0) is 10.5 Å². The average Bonchev–Trinajstić information content (AvgIpc) is 3.09. The first-order valence-electron chi connectivity index (χ1n) is 5.93. The van der Waals surface area contributed by atoms with Gasteiger partial charge in [-0.05, 0) is 30.1 Å². The summed E-state index contributed by atoms with van der Waals surface area (Å²) in [5.74, 6) is 1.69. The number of hydrogen-bond acceptors (Lipinski definition) is 4. The highest BCUT2D eigenvalue weighted by Crippen LogP contribution is 2.51. The van der Waals surface area contributed by atoms with Gasteiger partial charge in [-0.3, -0.25) is 4.79 Å². The Bertz CT molecular complexity index is 432. The molecular formula is C13H17NO3S. The van der Waals surface area contributed by atoms with Gasteiger partial charge in [0.15, 0.2) is 0 Å². The molecule has 18 heavy (non-hydrogen) atoms. The molecule has 5 heteroatoms. The standard InChI is InChI=1S/C13H17NO3S/c1-17-12-10(3-2-6-14-12)8-18-9-13(4-5-13)7-11(15)16/h2-3,6H,4-5,7-9H2,1H3,(H,15,16). The van der Waals surface area contributed by atoms with Gasteiger partial charge in [-0.2, -0.15) is 11.8 Å². The van der Waals surface area contributed by atoms with Crippen LogP contribution >= 0.6 is 11.8 Å². The Kier molecular flexibility index (Phi) is 4.11. The maximum absolute atomic E-state index is 10.7. The molecule has 0 aliphatic heterocycles. The molecule has 0 radical (unpaired) electrons. The molecule has 98 valence electrons. The van der Waals surface area contributed by atoms with E-state index in [-0.39, 0.29) is 5.41 Å². The van der Waals surface area contributed by atoms with E-state index < -0.39 is 5.97 Å². The lowest BCUT2D eigenvalue weighted by atomic mass is 10.1. The number of carboxylic acids is 1. The highest BCUT2D eigenvalue weighted by atomic mass is 32.2. The molecule has 0 atom stereocenters. The summed E-state index contributed by atoms with van der Waals surface area (Å²) in [5, 5.41) is 8.85. The number of carbonyl (C=O) groups is 1. The van der Waals surface area contributed by atoms with E-state index in [9.17, 15) is 4.79 Å². The van der Waals surface area contributed by atoms with E-state index in [0.29, 0.717) is 12.3 Å². The zero-order valence-electron chi connectivity index (χ0n) is 10.4. The van der Waals surface area contributed by atoms with Crippen molar-refractivity contribution < 1.29 is 14.6 Å². The van der Waals surface area contributed by atoms with Crippen LogP contribution in [-0.4, -0.2) is 28.9 Å². The van der Waals surface area contributed by atoms with Gasteiger partial charge in [0.2, 0.25) is 5.88 Å². The molecule has 0 amide bonds. The van der Waals surface area contributed by atoms with Crippen LogP contribution in [0.5, 0.6) is 5.88 Å². The van der Waals surface area contributed by atoms with Crippen molar-refractivity contribution in [2.45, 2.75) is 25.0 Å². The summed E-state index contributed by atoms with van der Waals surface area (Å²) in [6.45, 7) is 0. The summed E-state index contributed by atoms with van der Waals surface area (Å²) in [6, 6.07) is 3.89. The van der Waals surface area contributed by atoms with Gasteiger partial charge in [-0.15, -0.1) is 0 Å². The van der Waals surface area contributed by atoms with Crippen LogP contribution in [0.2, 0.25) is 0 Å². The van der Waals surface area contributed by atoms with E-state index in [1.54, 1.807) is 25.1 Å². The number of hydrogen-bond donors (Lipinski definition) is 1. The van der Waals surface area contributed by atoms with E-state index in [1.807, 2.05) is 12.1 Å². The highest BCUT2D eigenvalue weighted by Gasteiger charge is 2.44. The number of pyridine rings is 1. The minimum absolute atomic E-state index is 0.0476. The molecule has 1 aromatic heterocycles. The molecule has 0 bridgehead atoms. The highest BCUT2D eigenvalue weighted by molar-refractivity contribution is 7.98. The molecule has 0 unspecified atom stereocenters. The molecule has 4 nitrogen and oxygen atoms in total. The fourth-order valence-electron chi connectivity index (χ4n) is 1.96. The fourth-order valence-corrected chi connectivity index (χ4v) is 3.33. The van der Waals surface area contributed by atoms with Crippen molar-refractivity contribution in [3.8, 4) is 5.88 Å². The number of rotatable bonds is 7. The van der Waals surface area contributed by atoms with Crippen molar-refractivity contribution in [3.05, 3.63) is 23.9 Å². The maximum atomic E-state index is 10.7. The molecule has 0 spiro atoms. The van der Waals surface area contributed by atoms with Crippen molar-refractivity contribution in [2.24, 2.45) is 5.41 Å². The van der Waals surface area contributed by atoms with Crippen molar-refractivity contribution >= 4 is 17.7 Å². The first kappa shape index (κ1) is 13.2. The Morgan fingerprint density at radius 3 is 3.00 bits per heavy atom. The lowest BCUT2D eigenvalue weighted by Crippen LogP contribution is -2.11. The zero-order chi connectivity index (χ0) is 13.0. The van der Waals surface area contributed by atoms with E-state index in [0.717, 1.165) is 29.9 Å². The van der Waals surface area contributed by atoms with Gasteiger partial charge in [-0.1, -0.05) is 6.07 Å². The monoisotopic (exact) mass is 267 g/mol. The molecule has 0 saturated heterocycles. The van der Waals surface area contributed by atoms with Gasteiger partial charge in [0.25, 0.3) is 0 Å². The Balaban J connectivity index is 1.83. The summed E-state index contributed by atoms with van der Waals surface area (Å²) in [4.78, 5) is 14.9. The third-order valence-corrected chi connectivity index (χ3v) is 4.52. The predicted octanol–water partition coefficient (Wildman–Crippen LogP) is 2.58. The first-order valence-corrected chi connectivity index (χ1v) is 7.08. The van der Waals surface area contributed by atoms with Crippen LogP contribution in [0.3, 0.4) is 0 Å². The second-order valence-electron chi connectivity index (χ2n) is 4.74. The van der Waals surface area contributed by atoms with E-state index >= 15 is 0 Å². The molecule has 1 aliphatic rings. The quantitative estimate of drug-likeness (QED) is 0.822. The van der Waals surface area contributed by atoms with Gasteiger partial charge < -0.3 is 9.84 Å².